The standard InChI is InChI=1S/C13H18N2O3S2/c14-13(16)11-5-12(19-8-11)20(17,18)15-6-9-2-1-3-10(4-9)7-15/h5,8-10H,1-4,6-7H2,(H2,14,16)/t9-,10-/m0/s1. The molecule has 1 saturated carbocycles. The van der Waals surface area contributed by atoms with Gasteiger partial charge in [-0.25, -0.2) is 8.42 Å². The molecule has 0 aromatic carbocycles. The number of hydrogen-bond acceptors (Lipinski definition) is 4. The van der Waals surface area contributed by atoms with Gasteiger partial charge < -0.3 is 5.73 Å². The zero-order chi connectivity index (χ0) is 14.3. The van der Waals surface area contributed by atoms with E-state index < -0.39 is 15.9 Å². The zero-order valence-electron chi connectivity index (χ0n) is 11.1. The summed E-state index contributed by atoms with van der Waals surface area (Å²) in [5, 5.41) is 1.51. The number of carbonyl (C=O) groups is 1. The third kappa shape index (κ3) is 2.49. The number of rotatable bonds is 3. The third-order valence-corrected chi connectivity index (χ3v) is 7.52. The van der Waals surface area contributed by atoms with Crippen LogP contribution in [0.3, 0.4) is 0 Å². The van der Waals surface area contributed by atoms with Crippen LogP contribution in [-0.2, 0) is 10.0 Å². The van der Waals surface area contributed by atoms with Crippen molar-refractivity contribution in [1.29, 1.82) is 0 Å². The number of primary amides is 1. The van der Waals surface area contributed by atoms with E-state index in [1.165, 1.54) is 17.9 Å². The van der Waals surface area contributed by atoms with E-state index in [0.717, 1.165) is 30.6 Å². The molecule has 1 aromatic heterocycles. The van der Waals surface area contributed by atoms with Crippen molar-refractivity contribution < 1.29 is 13.2 Å². The number of amides is 1. The maximum atomic E-state index is 12.6. The Morgan fingerprint density at radius 1 is 1.30 bits per heavy atom. The van der Waals surface area contributed by atoms with E-state index in [9.17, 15) is 13.2 Å². The predicted octanol–water partition coefficient (Wildman–Crippen LogP) is 1.66. The quantitative estimate of drug-likeness (QED) is 0.921. The number of hydrogen-bond donors (Lipinski definition) is 1. The van der Waals surface area contributed by atoms with Gasteiger partial charge in [0.25, 0.3) is 10.0 Å². The fraction of sp³-hybridized carbons (Fsp3) is 0.615. The summed E-state index contributed by atoms with van der Waals surface area (Å²) in [6, 6.07) is 1.40. The van der Waals surface area contributed by atoms with Crippen molar-refractivity contribution in [1.82, 2.24) is 4.31 Å². The molecule has 2 N–H and O–H groups in total. The Kier molecular flexibility index (Phi) is 3.60. The highest BCUT2D eigenvalue weighted by atomic mass is 32.2. The Balaban J connectivity index is 1.85. The highest BCUT2D eigenvalue weighted by Gasteiger charge is 2.37. The first kappa shape index (κ1) is 14.0. The number of nitrogens with zero attached hydrogens (tertiary/aromatic N) is 1. The summed E-state index contributed by atoms with van der Waals surface area (Å²) in [5.74, 6) is 0.402. The second kappa shape index (κ2) is 5.13. The lowest BCUT2D eigenvalue weighted by atomic mass is 9.79. The molecule has 0 spiro atoms. The van der Waals surface area contributed by atoms with E-state index in [-0.39, 0.29) is 9.77 Å². The smallest absolute Gasteiger partial charge is 0.252 e. The van der Waals surface area contributed by atoms with Crippen molar-refractivity contribution in [2.24, 2.45) is 17.6 Å². The van der Waals surface area contributed by atoms with Gasteiger partial charge >= 0.3 is 0 Å². The van der Waals surface area contributed by atoms with Crippen molar-refractivity contribution in [3.63, 3.8) is 0 Å². The normalized spacial score (nSPS) is 27.4. The first-order valence-electron chi connectivity index (χ1n) is 6.85. The van der Waals surface area contributed by atoms with Gasteiger partial charge in [0, 0.05) is 18.5 Å². The molecule has 110 valence electrons. The highest BCUT2D eigenvalue weighted by Crippen LogP contribution is 2.37. The molecular formula is C13H18N2O3S2. The lowest BCUT2D eigenvalue weighted by molar-refractivity contribution is 0.100. The Morgan fingerprint density at radius 3 is 2.50 bits per heavy atom. The molecule has 2 atom stereocenters. The van der Waals surface area contributed by atoms with Crippen molar-refractivity contribution >= 4 is 27.3 Å². The largest absolute Gasteiger partial charge is 0.366 e. The molecule has 1 saturated heterocycles. The summed E-state index contributed by atoms with van der Waals surface area (Å²) in [4.78, 5) is 11.1. The second-order valence-electron chi connectivity index (χ2n) is 5.74. The van der Waals surface area contributed by atoms with Gasteiger partial charge in [-0.3, -0.25) is 4.79 Å². The summed E-state index contributed by atoms with van der Waals surface area (Å²) in [6.45, 7) is 1.23. The molecular weight excluding hydrogens is 296 g/mol. The summed E-state index contributed by atoms with van der Waals surface area (Å²) < 4.78 is 27.1. The molecule has 1 aliphatic carbocycles. The lowest BCUT2D eigenvalue weighted by Gasteiger charge is -2.40. The molecule has 2 fully saturated rings. The van der Waals surface area contributed by atoms with Crippen LogP contribution in [0.1, 0.15) is 36.0 Å². The van der Waals surface area contributed by atoms with Crippen molar-refractivity contribution in [3.8, 4) is 0 Å². The van der Waals surface area contributed by atoms with Crippen LogP contribution in [0.5, 0.6) is 0 Å². The number of piperidine rings is 1. The van der Waals surface area contributed by atoms with Gasteiger partial charge in [-0.2, -0.15) is 4.31 Å². The number of nitrogens with two attached hydrogens (primary N) is 1. The zero-order valence-corrected chi connectivity index (χ0v) is 12.8. The van der Waals surface area contributed by atoms with Crippen molar-refractivity contribution in [2.45, 2.75) is 29.9 Å². The molecule has 20 heavy (non-hydrogen) atoms. The van der Waals surface area contributed by atoms with E-state index in [2.05, 4.69) is 0 Å². The third-order valence-electron chi connectivity index (χ3n) is 4.27. The molecule has 2 heterocycles. The average molecular weight is 314 g/mol. The highest BCUT2D eigenvalue weighted by molar-refractivity contribution is 7.91. The number of sulfonamides is 1. The van der Waals surface area contributed by atoms with Crippen LogP contribution in [0.25, 0.3) is 0 Å². The summed E-state index contributed by atoms with van der Waals surface area (Å²) >= 11 is 1.08. The molecule has 0 radical (unpaired) electrons. The molecule has 1 aliphatic heterocycles. The van der Waals surface area contributed by atoms with Gasteiger partial charge in [0.1, 0.15) is 4.21 Å². The van der Waals surface area contributed by atoms with Gasteiger partial charge in [-0.1, -0.05) is 6.42 Å². The Morgan fingerprint density at radius 2 is 1.95 bits per heavy atom. The Labute approximate surface area is 122 Å². The van der Waals surface area contributed by atoms with Crippen LogP contribution >= 0.6 is 11.3 Å². The van der Waals surface area contributed by atoms with Gasteiger partial charge in [-0.15, -0.1) is 11.3 Å². The van der Waals surface area contributed by atoms with Gasteiger partial charge in [-0.05, 0) is 37.2 Å². The van der Waals surface area contributed by atoms with Crippen molar-refractivity contribution in [3.05, 3.63) is 17.0 Å². The Hall–Kier alpha value is -0.920. The van der Waals surface area contributed by atoms with E-state index >= 15 is 0 Å². The summed E-state index contributed by atoms with van der Waals surface area (Å²) in [6.07, 6.45) is 4.62. The summed E-state index contributed by atoms with van der Waals surface area (Å²) in [7, 11) is -3.47. The summed E-state index contributed by atoms with van der Waals surface area (Å²) in [5.41, 5.74) is 5.45. The van der Waals surface area contributed by atoms with Crippen molar-refractivity contribution in [2.75, 3.05) is 13.1 Å². The maximum Gasteiger partial charge on any atom is 0.252 e. The molecule has 2 aliphatic rings. The second-order valence-corrected chi connectivity index (χ2v) is 8.82. The van der Waals surface area contributed by atoms with Gasteiger partial charge in [0.15, 0.2) is 0 Å². The molecule has 7 heteroatoms. The van der Waals surface area contributed by atoms with Crippen LogP contribution in [0.4, 0.5) is 0 Å². The number of thiophene rings is 1. The fourth-order valence-electron chi connectivity index (χ4n) is 3.29. The Bertz CT molecular complexity index is 611. The maximum absolute atomic E-state index is 12.6. The van der Waals surface area contributed by atoms with Crippen LogP contribution in [-0.4, -0.2) is 31.7 Å². The monoisotopic (exact) mass is 314 g/mol. The predicted molar refractivity (Wildman–Crippen MR) is 77.0 cm³/mol. The molecule has 3 rings (SSSR count). The molecule has 1 amide bonds. The topological polar surface area (TPSA) is 80.5 Å². The van der Waals surface area contributed by atoms with Crippen LogP contribution < -0.4 is 5.73 Å². The van der Waals surface area contributed by atoms with Crippen LogP contribution in [0, 0.1) is 11.8 Å². The van der Waals surface area contributed by atoms with Gasteiger partial charge in [0.05, 0.1) is 5.56 Å². The minimum absolute atomic E-state index is 0.228. The average Bonchev–Trinajstić information content (AvgIpc) is 2.88. The fourth-order valence-corrected chi connectivity index (χ4v) is 6.20. The van der Waals surface area contributed by atoms with E-state index in [4.69, 9.17) is 5.73 Å². The minimum atomic E-state index is -3.47. The molecule has 5 nitrogen and oxygen atoms in total. The molecule has 0 unspecified atom stereocenters. The van der Waals surface area contributed by atoms with Gasteiger partial charge in [0.2, 0.25) is 5.91 Å². The first-order valence-corrected chi connectivity index (χ1v) is 9.17. The van der Waals surface area contributed by atoms with E-state index in [0.29, 0.717) is 24.9 Å². The number of carbonyl (C=O) groups excluding carboxylic acids is 1. The molecule has 1 aromatic rings. The van der Waals surface area contributed by atoms with E-state index in [1.54, 1.807) is 4.31 Å². The first-order chi connectivity index (χ1) is 9.46. The SMILES string of the molecule is NC(=O)c1csc(S(=O)(=O)N2C[C@H]3CCC[C@@H](C3)C2)c1. The van der Waals surface area contributed by atoms with Crippen LogP contribution in [0.15, 0.2) is 15.7 Å². The van der Waals surface area contributed by atoms with Crippen LogP contribution in [0.2, 0.25) is 0 Å². The lowest BCUT2D eigenvalue weighted by Crippen LogP contribution is -2.45. The molecule has 2 bridgehead atoms. The minimum Gasteiger partial charge on any atom is -0.366 e. The number of fused-ring (bicyclic) bond motifs is 2. The van der Waals surface area contributed by atoms with E-state index in [1.807, 2.05) is 0 Å².